The summed E-state index contributed by atoms with van der Waals surface area (Å²) >= 11 is 1.87. The van der Waals surface area contributed by atoms with E-state index >= 15 is 0 Å². The summed E-state index contributed by atoms with van der Waals surface area (Å²) in [5, 5.41) is 44.6. The Balaban J connectivity index is 0.000000131. The SMILES string of the molecule is CC(=O)Nc1ccc(O)cc1.CC(CN1c2ccccc2Sc2ccccc21)N(C)C.COc1cccc([C@@]2(O)CCCC[C@@H]2CN(C)C)c1.NC(=O)CS(=O)C(c1ccccc1)c1ccccc1.O=C1CC[C@@]2(O)[C@H]3Cc4ccc(O)c5c4[C@@]2(CCN3CC2CC2)[C@H]1O5. The molecule has 7 aromatic rings. The van der Waals surface area contributed by atoms with Crippen molar-refractivity contribution < 1.29 is 48.5 Å². The minimum atomic E-state index is -1.36. The highest BCUT2D eigenvalue weighted by atomic mass is 32.2. The second kappa shape index (κ2) is 30.5. The topological polar surface area (TPSA) is 219 Å². The highest BCUT2D eigenvalue weighted by Gasteiger charge is 2.73. The van der Waals surface area contributed by atoms with Gasteiger partial charge in [0.25, 0.3) is 0 Å². The van der Waals surface area contributed by atoms with Crippen molar-refractivity contribution in [3.05, 3.63) is 198 Å². The fourth-order valence-corrected chi connectivity index (χ4v) is 17.0. The van der Waals surface area contributed by atoms with Gasteiger partial charge in [-0.2, -0.15) is 0 Å². The number of nitrogens with two attached hydrogens (primary N) is 1. The van der Waals surface area contributed by atoms with Gasteiger partial charge >= 0.3 is 0 Å². The summed E-state index contributed by atoms with van der Waals surface area (Å²) in [5.74, 6) is 1.90. The molecule has 1 spiro atoms. The van der Waals surface area contributed by atoms with E-state index in [9.17, 15) is 33.9 Å². The molecule has 2 unspecified atom stereocenters. The van der Waals surface area contributed by atoms with Crippen LogP contribution in [-0.4, -0.2) is 148 Å². The molecule has 18 heteroatoms. The number of carbonyl (C=O) groups excluding carboxylic acids is 3. The molecule has 94 heavy (non-hydrogen) atoms. The Labute approximate surface area is 560 Å². The molecule has 14 rings (SSSR count). The molecule has 2 amide bonds. The van der Waals surface area contributed by atoms with Crippen molar-refractivity contribution >= 4 is 57.2 Å². The van der Waals surface area contributed by atoms with Gasteiger partial charge in [-0.15, -0.1) is 0 Å². The van der Waals surface area contributed by atoms with Crippen LogP contribution in [0.5, 0.6) is 23.0 Å². The number of hydrogen-bond acceptors (Lipinski definition) is 15. The van der Waals surface area contributed by atoms with Gasteiger partial charge in [0.05, 0.1) is 40.4 Å². The normalized spacial score (nSPS) is 23.3. The molecule has 3 saturated carbocycles. The number of para-hydroxylation sites is 2. The van der Waals surface area contributed by atoms with Crippen LogP contribution in [-0.2, 0) is 42.6 Å². The average molecular weight is 1310 g/mol. The van der Waals surface area contributed by atoms with E-state index in [-0.39, 0.29) is 40.2 Å². The first-order valence-corrected chi connectivity index (χ1v) is 35.0. The van der Waals surface area contributed by atoms with Gasteiger partial charge < -0.3 is 55.7 Å². The number of anilines is 3. The monoisotopic (exact) mass is 1310 g/mol. The number of aliphatic hydroxyl groups is 2. The van der Waals surface area contributed by atoms with Crippen molar-refractivity contribution in [2.45, 2.75) is 128 Å². The third kappa shape index (κ3) is 15.4. The van der Waals surface area contributed by atoms with Gasteiger partial charge in [-0.1, -0.05) is 128 Å². The number of aromatic hydroxyl groups is 2. The molecule has 1 saturated heterocycles. The molecular weight excluding hydrogens is 1220 g/mol. The maximum atomic E-state index is 12.7. The van der Waals surface area contributed by atoms with Gasteiger partial charge in [0.2, 0.25) is 11.8 Å². The lowest BCUT2D eigenvalue weighted by Crippen LogP contribution is -2.76. The molecule has 2 bridgehead atoms. The third-order valence-corrected chi connectivity index (χ3v) is 22.3. The molecule has 0 aromatic heterocycles. The molecule has 7 aromatic carbocycles. The molecule has 4 aliphatic carbocycles. The van der Waals surface area contributed by atoms with Crippen LogP contribution in [0.15, 0.2) is 180 Å². The fraction of sp³-hybridized carbons (Fsp3) is 0.408. The molecule has 8 atom stereocenters. The van der Waals surface area contributed by atoms with Crippen molar-refractivity contribution in [3.63, 3.8) is 0 Å². The van der Waals surface area contributed by atoms with Gasteiger partial charge in [0.1, 0.15) is 17.3 Å². The summed E-state index contributed by atoms with van der Waals surface area (Å²) in [6.07, 6.45) is 8.57. The van der Waals surface area contributed by atoms with E-state index in [1.54, 1.807) is 25.3 Å². The maximum absolute atomic E-state index is 12.7. The van der Waals surface area contributed by atoms with Crippen molar-refractivity contribution in [1.29, 1.82) is 0 Å². The van der Waals surface area contributed by atoms with E-state index in [0.717, 1.165) is 97.8 Å². The Hall–Kier alpha value is -7.55. The van der Waals surface area contributed by atoms with E-state index in [0.29, 0.717) is 36.2 Å². The number of benzene rings is 7. The van der Waals surface area contributed by atoms with Gasteiger partial charge in [-0.05, 0) is 182 Å². The van der Waals surface area contributed by atoms with Crippen LogP contribution < -0.4 is 25.4 Å². The van der Waals surface area contributed by atoms with Gasteiger partial charge in [0, 0.05) is 82.8 Å². The largest absolute Gasteiger partial charge is 0.508 e. The van der Waals surface area contributed by atoms with Crippen molar-refractivity contribution in [1.82, 2.24) is 14.7 Å². The first-order chi connectivity index (χ1) is 45.1. The number of phenolic OH excluding ortho intramolecular Hbond substituents is 2. The lowest BCUT2D eigenvalue weighted by atomic mass is 9.49. The number of likely N-dealkylation sites (tertiary alicyclic amines) is 1. The second-order valence-electron chi connectivity index (χ2n) is 26.5. The van der Waals surface area contributed by atoms with Crippen LogP contribution in [0.4, 0.5) is 17.1 Å². The molecule has 498 valence electrons. The summed E-state index contributed by atoms with van der Waals surface area (Å²) in [5.41, 5.74) is 11.1. The van der Waals surface area contributed by atoms with Gasteiger partial charge in [-0.3, -0.25) is 23.5 Å². The van der Waals surface area contributed by atoms with Crippen LogP contribution in [0.3, 0.4) is 0 Å². The number of phenols is 2. The summed E-state index contributed by atoms with van der Waals surface area (Å²) in [6, 6.07) is 54.8. The Bertz CT molecular complexity index is 3680. The van der Waals surface area contributed by atoms with Crippen molar-refractivity contribution in [2.75, 3.05) is 77.4 Å². The number of nitrogens with one attached hydrogen (secondary N) is 1. The lowest BCUT2D eigenvalue weighted by molar-refractivity contribution is -0.188. The summed E-state index contributed by atoms with van der Waals surface area (Å²) in [6.45, 7) is 7.59. The van der Waals surface area contributed by atoms with E-state index in [1.807, 2.05) is 103 Å². The van der Waals surface area contributed by atoms with Crippen LogP contribution in [0.1, 0.15) is 105 Å². The Morgan fingerprint density at radius 2 is 1.41 bits per heavy atom. The number of likely N-dealkylation sites (N-methyl/N-ethyl adjacent to an activating group) is 1. The number of rotatable bonds is 15. The first-order valence-electron chi connectivity index (χ1n) is 32.8. The maximum Gasteiger partial charge on any atom is 0.230 e. The minimum Gasteiger partial charge on any atom is -0.508 e. The number of primary amides is 1. The smallest absolute Gasteiger partial charge is 0.230 e. The molecule has 7 aliphatic rings. The van der Waals surface area contributed by atoms with E-state index < -0.39 is 39.4 Å². The molecule has 16 nitrogen and oxygen atoms in total. The predicted octanol–water partition coefficient (Wildman–Crippen LogP) is 11.8. The van der Waals surface area contributed by atoms with Crippen molar-refractivity contribution in [2.24, 2.45) is 17.6 Å². The van der Waals surface area contributed by atoms with E-state index in [4.69, 9.17) is 20.3 Å². The number of piperidine rings is 1. The van der Waals surface area contributed by atoms with E-state index in [2.05, 4.69) is 109 Å². The van der Waals surface area contributed by atoms with E-state index in [1.165, 1.54) is 59.5 Å². The Kier molecular flexibility index (Phi) is 22.4. The number of ether oxygens (including phenoxy) is 2. The number of ketones is 1. The molecule has 3 aliphatic heterocycles. The molecular formula is C76H92N6O10S2. The molecule has 0 radical (unpaired) electrons. The highest BCUT2D eigenvalue weighted by molar-refractivity contribution is 7.99. The number of hydrogen-bond donors (Lipinski definition) is 6. The number of fused-ring (bicyclic) bond motifs is 2. The predicted molar refractivity (Wildman–Crippen MR) is 374 cm³/mol. The number of amides is 2. The van der Waals surface area contributed by atoms with Crippen LogP contribution in [0, 0.1) is 11.8 Å². The Morgan fingerprint density at radius 1 is 0.787 bits per heavy atom. The summed E-state index contributed by atoms with van der Waals surface area (Å²) in [4.78, 5) is 46.3. The van der Waals surface area contributed by atoms with Crippen LogP contribution in [0.2, 0.25) is 0 Å². The zero-order valence-electron chi connectivity index (χ0n) is 55.2. The highest BCUT2D eigenvalue weighted by Crippen LogP contribution is 2.65. The van der Waals surface area contributed by atoms with Crippen LogP contribution in [0.25, 0.3) is 0 Å². The Morgan fingerprint density at radius 3 is 2.00 bits per heavy atom. The quantitative estimate of drug-likeness (QED) is 0.0526. The molecule has 7 N–H and O–H groups in total. The number of carbonyl (C=O) groups is 3. The molecule has 3 heterocycles. The number of methoxy groups -OCH3 is 1. The zero-order chi connectivity index (χ0) is 66.9. The second-order valence-corrected chi connectivity index (χ2v) is 29.1. The van der Waals surface area contributed by atoms with Gasteiger partial charge in [0.15, 0.2) is 23.4 Å². The number of Topliss-reactive ketones (excluding diaryl/α,β-unsaturated/α-hetero) is 1. The van der Waals surface area contributed by atoms with Crippen molar-refractivity contribution in [3.8, 4) is 23.0 Å². The van der Waals surface area contributed by atoms with Gasteiger partial charge in [-0.25, -0.2) is 0 Å². The first kappa shape index (κ1) is 69.3. The summed E-state index contributed by atoms with van der Waals surface area (Å²) < 4.78 is 23.7. The number of nitrogens with zero attached hydrogens (tertiary/aromatic N) is 4. The zero-order valence-corrected chi connectivity index (χ0v) is 56.8. The standard InChI is InChI=1S/C20H23NO4.C17H20N2S.C16H25NO2.C15H15NO2S.C8H9NO2/c22-13-4-3-12-9-15-20(24)6-5-14(23)18-19(20,16(12)17(13)25-18)7-8-21(15)10-11-1-2-11;1-13(18(2)3)12-19-14-8-4-6-10-16(14)20-17-11-7-5-9-15(17)19;1-17(2)12-14-7-4-5-10-16(14,18)13-8-6-9-15(11-13)19-3;16-14(17)11-19(18)15(12-7-3-1-4-8-12)13-9-5-2-6-10-13;1-6(10)9-7-2-4-8(11)5-3-7/h3-4,11,15,18,22,24H,1-2,5-10H2;4-11,13H,12H2,1-3H3;6,8-9,11,14,18H,4-5,7,10,12H2,1-3H3;1-10,15H,11H2,(H2,16,17);2-5,11H,1H3,(H,9,10)/t15-,18+,19+,20-;;14-,16+;;/m1.1../s1. The average Bonchev–Trinajstić information content (AvgIpc) is 1.42. The summed E-state index contributed by atoms with van der Waals surface area (Å²) in [7, 11) is 8.72. The fourth-order valence-electron chi connectivity index (χ4n) is 14.6. The van der Waals surface area contributed by atoms with Crippen LogP contribution >= 0.6 is 11.8 Å². The lowest BCUT2D eigenvalue weighted by Gasteiger charge is -2.62. The minimum absolute atomic E-state index is 0.0454. The molecule has 4 fully saturated rings. The third-order valence-electron chi connectivity index (χ3n) is 19.5.